The molecule has 0 amide bonds. The lowest BCUT2D eigenvalue weighted by Crippen LogP contribution is -2.19. The maximum absolute atomic E-state index is 11.7. The molecule has 3 rings (SSSR count). The minimum absolute atomic E-state index is 0.170. The third-order valence-corrected chi connectivity index (χ3v) is 5.88. The molecule has 1 saturated heterocycles. The number of halogens is 1. The third-order valence-electron chi connectivity index (χ3n) is 5.25. The molecule has 0 N–H and O–H groups in total. The van der Waals surface area contributed by atoms with E-state index in [1.807, 2.05) is 0 Å². The minimum Gasteiger partial charge on any atom is -0.381 e. The van der Waals surface area contributed by atoms with Crippen LogP contribution in [0.1, 0.15) is 62.6 Å². The van der Waals surface area contributed by atoms with Crippen LogP contribution in [0.3, 0.4) is 0 Å². The van der Waals surface area contributed by atoms with Crippen LogP contribution in [-0.2, 0) is 14.9 Å². The fourth-order valence-corrected chi connectivity index (χ4v) is 4.63. The minimum atomic E-state index is -0.170. The van der Waals surface area contributed by atoms with Crippen LogP contribution in [0.2, 0.25) is 0 Å². The van der Waals surface area contributed by atoms with Gasteiger partial charge in [-0.3, -0.25) is 4.79 Å². The zero-order valence-corrected chi connectivity index (χ0v) is 16.5. The highest BCUT2D eigenvalue weighted by molar-refractivity contribution is 9.10. The molecule has 0 unspecified atom stereocenters. The van der Waals surface area contributed by atoms with Crippen molar-refractivity contribution in [1.29, 1.82) is 0 Å². The van der Waals surface area contributed by atoms with Crippen LogP contribution in [0, 0.1) is 19.8 Å². The van der Waals surface area contributed by atoms with Gasteiger partial charge in [0.2, 0.25) is 0 Å². The lowest BCUT2D eigenvalue weighted by Gasteiger charge is -2.19. The number of hydrogen-bond donors (Lipinski definition) is 0. The van der Waals surface area contributed by atoms with Gasteiger partial charge in [0.1, 0.15) is 5.78 Å². The third kappa shape index (κ3) is 4.45. The van der Waals surface area contributed by atoms with Gasteiger partial charge in [0, 0.05) is 17.7 Å². The molecule has 1 aliphatic carbocycles. The average molecular weight is 381 g/mol. The Kier molecular flexibility index (Phi) is 6.44. The van der Waals surface area contributed by atoms with E-state index in [-0.39, 0.29) is 5.41 Å². The normalized spacial score (nSPS) is 19.7. The zero-order valence-electron chi connectivity index (χ0n) is 14.9. The van der Waals surface area contributed by atoms with Gasteiger partial charge in [0.15, 0.2) is 0 Å². The Bertz CT molecular complexity index is 532. The van der Waals surface area contributed by atoms with Crippen molar-refractivity contribution < 1.29 is 9.53 Å². The lowest BCUT2D eigenvalue weighted by atomic mass is 9.88. The molecule has 0 atom stereocenters. The summed E-state index contributed by atoms with van der Waals surface area (Å²) in [6.45, 7) is 10.1. The molecule has 2 aliphatic rings. The number of ether oxygens (including phenoxy) is 1. The first-order chi connectivity index (χ1) is 10.9. The van der Waals surface area contributed by atoms with Crippen LogP contribution in [0.15, 0.2) is 16.6 Å². The van der Waals surface area contributed by atoms with Crippen molar-refractivity contribution in [3.05, 3.63) is 33.3 Å². The summed E-state index contributed by atoms with van der Waals surface area (Å²) in [6.07, 6.45) is 5.92. The highest BCUT2D eigenvalue weighted by Gasteiger charge is 2.50. The van der Waals surface area contributed by atoms with E-state index in [9.17, 15) is 4.79 Å². The van der Waals surface area contributed by atoms with Gasteiger partial charge in [-0.2, -0.15) is 0 Å². The first-order valence-corrected chi connectivity index (χ1v) is 9.56. The highest BCUT2D eigenvalue weighted by atomic mass is 79.9. The molecule has 2 nitrogen and oxygen atoms in total. The predicted molar refractivity (Wildman–Crippen MR) is 99.0 cm³/mol. The number of carbonyl (C=O) groups is 1. The van der Waals surface area contributed by atoms with Crippen LogP contribution in [-0.4, -0.2) is 19.0 Å². The van der Waals surface area contributed by atoms with E-state index in [1.165, 1.54) is 36.0 Å². The van der Waals surface area contributed by atoms with Gasteiger partial charge >= 0.3 is 0 Å². The molecule has 1 aliphatic heterocycles. The molecule has 1 saturated carbocycles. The second-order valence-corrected chi connectivity index (χ2v) is 7.90. The topological polar surface area (TPSA) is 26.3 Å². The maximum Gasteiger partial charge on any atom is 0.140 e. The number of carbonyl (C=O) groups excluding carboxylic acids is 1. The Morgan fingerprint density at radius 1 is 1.26 bits per heavy atom. The predicted octanol–water partition coefficient (Wildman–Crippen LogP) is 5.51. The van der Waals surface area contributed by atoms with E-state index in [4.69, 9.17) is 4.74 Å². The van der Waals surface area contributed by atoms with Crippen molar-refractivity contribution in [1.82, 2.24) is 0 Å². The van der Waals surface area contributed by atoms with Gasteiger partial charge in [0.25, 0.3) is 0 Å². The summed E-state index contributed by atoms with van der Waals surface area (Å²) in [5.41, 5.74) is 3.51. The van der Waals surface area contributed by atoms with E-state index >= 15 is 0 Å². The fraction of sp³-hybridized carbons (Fsp3) is 0.650. The Balaban J connectivity index is 0.000000203. The molecule has 1 aromatic carbocycles. The second kappa shape index (κ2) is 7.94. The summed E-state index contributed by atoms with van der Waals surface area (Å²) >= 11 is 3.59. The van der Waals surface area contributed by atoms with E-state index in [0.29, 0.717) is 5.78 Å². The van der Waals surface area contributed by atoms with E-state index < -0.39 is 0 Å². The van der Waals surface area contributed by atoms with Crippen molar-refractivity contribution in [3.8, 4) is 0 Å². The number of hydrogen-bond acceptors (Lipinski definition) is 2. The van der Waals surface area contributed by atoms with Crippen LogP contribution in [0.4, 0.5) is 0 Å². The number of aryl methyl sites for hydroxylation is 2. The Morgan fingerprint density at radius 3 is 2.26 bits per heavy atom. The number of benzene rings is 1. The number of ketones is 1. The molecular formula is C20H29BrO2. The Morgan fingerprint density at radius 2 is 1.87 bits per heavy atom. The Hall–Kier alpha value is -0.670. The average Bonchev–Trinajstić information content (AvgIpc) is 3.29. The molecule has 23 heavy (non-hydrogen) atoms. The standard InChI is InChI=1S/C13H15BrO.C7H14O/c1-8-6-9(2)12(11(14)7-8)13(4-5-13)10(3)15;1-2-7-3-5-8-6-4-7/h6-7H,4-5H2,1-3H3;7H,2-6H2,1H3. The van der Waals surface area contributed by atoms with Crippen molar-refractivity contribution in [2.75, 3.05) is 13.2 Å². The molecule has 1 aromatic rings. The molecule has 128 valence electrons. The van der Waals surface area contributed by atoms with Gasteiger partial charge in [0.05, 0.1) is 5.41 Å². The summed E-state index contributed by atoms with van der Waals surface area (Å²) < 4.78 is 6.29. The van der Waals surface area contributed by atoms with E-state index in [0.717, 1.165) is 36.4 Å². The summed E-state index contributed by atoms with van der Waals surface area (Å²) in [5, 5.41) is 0. The smallest absolute Gasteiger partial charge is 0.140 e. The Labute approximate surface area is 149 Å². The summed E-state index contributed by atoms with van der Waals surface area (Å²) in [4.78, 5) is 11.7. The maximum atomic E-state index is 11.7. The SMILES string of the molecule is CC(=O)C1(c2c(C)cc(C)cc2Br)CC1.CCC1CCOCC1. The van der Waals surface area contributed by atoms with Crippen LogP contribution in [0.25, 0.3) is 0 Å². The molecular weight excluding hydrogens is 352 g/mol. The molecule has 1 heterocycles. The summed E-state index contributed by atoms with van der Waals surface area (Å²) in [5.74, 6) is 1.26. The number of rotatable bonds is 3. The monoisotopic (exact) mass is 380 g/mol. The molecule has 0 spiro atoms. The van der Waals surface area contributed by atoms with E-state index in [2.05, 4.69) is 48.8 Å². The summed E-state index contributed by atoms with van der Waals surface area (Å²) in [7, 11) is 0. The van der Waals surface area contributed by atoms with Gasteiger partial charge < -0.3 is 4.74 Å². The zero-order chi connectivity index (χ0) is 17.0. The van der Waals surface area contributed by atoms with Crippen molar-refractivity contribution in [2.45, 2.75) is 65.2 Å². The molecule has 3 heteroatoms. The largest absolute Gasteiger partial charge is 0.381 e. The van der Waals surface area contributed by atoms with Crippen molar-refractivity contribution in [3.63, 3.8) is 0 Å². The van der Waals surface area contributed by atoms with Gasteiger partial charge in [-0.05, 0) is 75.1 Å². The quantitative estimate of drug-likeness (QED) is 0.690. The van der Waals surface area contributed by atoms with Crippen LogP contribution in [0.5, 0.6) is 0 Å². The first kappa shape index (κ1) is 18.7. The highest BCUT2D eigenvalue weighted by Crippen LogP contribution is 2.52. The van der Waals surface area contributed by atoms with Gasteiger partial charge in [-0.1, -0.05) is 35.3 Å². The summed E-state index contributed by atoms with van der Waals surface area (Å²) in [6, 6.07) is 4.26. The van der Waals surface area contributed by atoms with Gasteiger partial charge in [-0.25, -0.2) is 0 Å². The molecule has 0 aromatic heterocycles. The van der Waals surface area contributed by atoms with Gasteiger partial charge in [-0.15, -0.1) is 0 Å². The lowest BCUT2D eigenvalue weighted by molar-refractivity contribution is -0.119. The molecule has 0 radical (unpaired) electrons. The fourth-order valence-electron chi connectivity index (χ4n) is 3.58. The first-order valence-electron chi connectivity index (χ1n) is 8.76. The second-order valence-electron chi connectivity index (χ2n) is 7.04. The van der Waals surface area contributed by atoms with E-state index in [1.54, 1.807) is 6.92 Å². The van der Waals surface area contributed by atoms with Crippen molar-refractivity contribution >= 4 is 21.7 Å². The van der Waals surface area contributed by atoms with Crippen LogP contribution < -0.4 is 0 Å². The molecule has 0 bridgehead atoms. The van der Waals surface area contributed by atoms with Crippen LogP contribution >= 0.6 is 15.9 Å². The molecule has 2 fully saturated rings. The number of Topliss-reactive ketones (excluding diaryl/α,β-unsaturated/α-hetero) is 1. The van der Waals surface area contributed by atoms with Crippen molar-refractivity contribution in [2.24, 2.45) is 5.92 Å².